The molecule has 5 nitrogen and oxygen atoms in total. The van der Waals surface area contributed by atoms with E-state index in [1.54, 1.807) is 24.5 Å². The van der Waals surface area contributed by atoms with Crippen molar-refractivity contribution in [2.45, 2.75) is 0 Å². The summed E-state index contributed by atoms with van der Waals surface area (Å²) in [5.74, 6) is 1.85. The largest absolute Gasteiger partial charge is 0.465 e. The molecule has 0 unspecified atom stereocenters. The molecular weight excluding hydrogens is 348 g/mol. The maximum atomic E-state index is 12.0. The average Bonchev–Trinajstić information content (AvgIpc) is 3.29. The molecule has 4 aromatic rings. The highest BCUT2D eigenvalue weighted by Gasteiger charge is 2.08. The summed E-state index contributed by atoms with van der Waals surface area (Å²) in [6.45, 7) is 0. The molecule has 2 aromatic heterocycles. The van der Waals surface area contributed by atoms with Crippen LogP contribution in [-0.4, -0.2) is 10.9 Å². The van der Waals surface area contributed by atoms with Crippen LogP contribution in [0.5, 0.6) is 11.5 Å². The smallest absolute Gasteiger partial charge is 0.250 e. The third-order valence-corrected chi connectivity index (χ3v) is 4.44. The van der Waals surface area contributed by atoms with Crippen LogP contribution in [0.3, 0.4) is 0 Å². The molecule has 128 valence electrons. The zero-order valence-electron chi connectivity index (χ0n) is 13.6. The lowest BCUT2D eigenvalue weighted by Crippen LogP contribution is -2.07. The van der Waals surface area contributed by atoms with Crippen LogP contribution >= 0.6 is 11.3 Å². The van der Waals surface area contributed by atoms with E-state index in [-0.39, 0.29) is 5.91 Å². The number of rotatable bonds is 5. The van der Waals surface area contributed by atoms with Gasteiger partial charge in [0.05, 0.1) is 16.5 Å². The number of benzene rings is 2. The number of carbonyl (C=O) groups is 1. The normalized spacial score (nSPS) is 11.1. The summed E-state index contributed by atoms with van der Waals surface area (Å²) in [5.41, 5.74) is 0.806. The number of hydrogen-bond acceptors (Lipinski definition) is 5. The van der Waals surface area contributed by atoms with Crippen molar-refractivity contribution in [1.82, 2.24) is 4.98 Å². The minimum atomic E-state index is -0.263. The molecule has 2 aromatic carbocycles. The summed E-state index contributed by atoms with van der Waals surface area (Å²) >= 11 is 1.39. The zero-order chi connectivity index (χ0) is 17.8. The minimum Gasteiger partial charge on any atom is -0.465 e. The van der Waals surface area contributed by atoms with E-state index in [2.05, 4.69) is 10.3 Å². The molecule has 6 heteroatoms. The Hall–Kier alpha value is -3.38. The maximum Gasteiger partial charge on any atom is 0.250 e. The first-order valence-electron chi connectivity index (χ1n) is 7.92. The number of thiazole rings is 1. The fraction of sp³-hybridized carbons (Fsp3) is 0. The van der Waals surface area contributed by atoms with Gasteiger partial charge in [0.15, 0.2) is 5.13 Å². The lowest BCUT2D eigenvalue weighted by atomic mass is 10.3. The van der Waals surface area contributed by atoms with E-state index in [4.69, 9.17) is 9.15 Å². The van der Waals surface area contributed by atoms with Gasteiger partial charge >= 0.3 is 0 Å². The molecule has 0 spiro atoms. The molecule has 0 atom stereocenters. The van der Waals surface area contributed by atoms with Crippen LogP contribution in [-0.2, 0) is 4.79 Å². The predicted octanol–water partition coefficient (Wildman–Crippen LogP) is 5.33. The highest BCUT2D eigenvalue weighted by atomic mass is 32.1. The number of ether oxygens (including phenoxy) is 1. The second kappa shape index (κ2) is 7.25. The summed E-state index contributed by atoms with van der Waals surface area (Å²) in [6, 6.07) is 18.8. The van der Waals surface area contributed by atoms with Gasteiger partial charge in [-0.1, -0.05) is 29.5 Å². The van der Waals surface area contributed by atoms with Crippen molar-refractivity contribution in [2.24, 2.45) is 0 Å². The van der Waals surface area contributed by atoms with Crippen molar-refractivity contribution >= 4 is 38.7 Å². The van der Waals surface area contributed by atoms with Gasteiger partial charge in [-0.05, 0) is 42.5 Å². The fourth-order valence-corrected chi connectivity index (χ4v) is 3.23. The SMILES string of the molecule is O=C(/C=C/c1ccco1)Nc1nc2ccc(Oc3ccccc3)cc2s1. The third kappa shape index (κ3) is 3.81. The number of para-hydroxylation sites is 1. The number of anilines is 1. The number of aromatic nitrogens is 1. The van der Waals surface area contributed by atoms with Gasteiger partial charge in [0.25, 0.3) is 0 Å². The zero-order valence-corrected chi connectivity index (χ0v) is 14.4. The summed E-state index contributed by atoms with van der Waals surface area (Å²) < 4.78 is 11.9. The number of fused-ring (bicyclic) bond motifs is 1. The van der Waals surface area contributed by atoms with Crippen molar-refractivity contribution in [3.8, 4) is 11.5 Å². The first kappa shape index (κ1) is 16.1. The number of furan rings is 1. The monoisotopic (exact) mass is 362 g/mol. The van der Waals surface area contributed by atoms with Crippen molar-refractivity contribution < 1.29 is 13.9 Å². The van der Waals surface area contributed by atoms with Crippen LogP contribution in [0.4, 0.5) is 5.13 Å². The quantitative estimate of drug-likeness (QED) is 0.487. The molecule has 0 saturated carbocycles. The standard InChI is InChI=1S/C20H14N2O3S/c23-19(11-9-14-7-4-12-24-14)22-20-21-17-10-8-16(13-18(17)26-20)25-15-5-2-1-3-6-15/h1-13H,(H,21,22,23)/b11-9+. The molecule has 0 bridgehead atoms. The Kier molecular flexibility index (Phi) is 4.49. The van der Waals surface area contributed by atoms with Crippen LogP contribution in [0.1, 0.15) is 5.76 Å². The van der Waals surface area contributed by atoms with Crippen LogP contribution in [0.2, 0.25) is 0 Å². The molecule has 0 aliphatic carbocycles. The van der Waals surface area contributed by atoms with Gasteiger partial charge < -0.3 is 9.15 Å². The van der Waals surface area contributed by atoms with E-state index in [0.717, 1.165) is 21.7 Å². The summed E-state index contributed by atoms with van der Waals surface area (Å²) in [5, 5.41) is 3.30. The molecule has 1 amide bonds. The second-order valence-electron chi connectivity index (χ2n) is 5.40. The second-order valence-corrected chi connectivity index (χ2v) is 6.43. The van der Waals surface area contributed by atoms with Gasteiger partial charge in [-0.15, -0.1) is 0 Å². The van der Waals surface area contributed by atoms with Gasteiger partial charge in [-0.3, -0.25) is 10.1 Å². The van der Waals surface area contributed by atoms with Gasteiger partial charge in [-0.2, -0.15) is 0 Å². The van der Waals surface area contributed by atoms with Crippen LogP contribution in [0.25, 0.3) is 16.3 Å². The highest BCUT2D eigenvalue weighted by molar-refractivity contribution is 7.22. The molecule has 0 aliphatic heterocycles. The molecule has 0 saturated heterocycles. The van der Waals surface area contributed by atoms with Gasteiger partial charge in [0, 0.05) is 12.1 Å². The van der Waals surface area contributed by atoms with Crippen molar-refractivity contribution in [2.75, 3.05) is 5.32 Å². The molecule has 4 rings (SSSR count). The van der Waals surface area contributed by atoms with E-state index in [1.165, 1.54) is 17.4 Å². The maximum absolute atomic E-state index is 12.0. The van der Waals surface area contributed by atoms with E-state index in [0.29, 0.717) is 10.9 Å². The molecule has 0 aliphatic rings. The first-order chi connectivity index (χ1) is 12.8. The number of amides is 1. The number of hydrogen-bond donors (Lipinski definition) is 1. The van der Waals surface area contributed by atoms with Crippen molar-refractivity contribution in [3.05, 3.63) is 78.8 Å². The Labute approximate surface area is 153 Å². The molecule has 1 N–H and O–H groups in total. The lowest BCUT2D eigenvalue weighted by molar-refractivity contribution is -0.111. The summed E-state index contributed by atoms with van der Waals surface area (Å²) in [7, 11) is 0. The van der Waals surface area contributed by atoms with Crippen LogP contribution in [0.15, 0.2) is 77.4 Å². The minimum absolute atomic E-state index is 0.263. The Bertz CT molecular complexity index is 1050. The first-order valence-corrected chi connectivity index (χ1v) is 8.74. The Balaban J connectivity index is 1.48. The van der Waals surface area contributed by atoms with Crippen molar-refractivity contribution in [3.63, 3.8) is 0 Å². The average molecular weight is 362 g/mol. The molecular formula is C20H14N2O3S. The van der Waals surface area contributed by atoms with Gasteiger partial charge in [0.2, 0.25) is 5.91 Å². The molecule has 0 radical (unpaired) electrons. The topological polar surface area (TPSA) is 64.4 Å². The highest BCUT2D eigenvalue weighted by Crippen LogP contribution is 2.31. The number of nitrogens with one attached hydrogen (secondary N) is 1. The predicted molar refractivity (Wildman–Crippen MR) is 103 cm³/mol. The number of nitrogens with zero attached hydrogens (tertiary/aromatic N) is 1. The van der Waals surface area contributed by atoms with Gasteiger partial charge in [0.1, 0.15) is 17.3 Å². The van der Waals surface area contributed by atoms with E-state index in [9.17, 15) is 4.79 Å². The van der Waals surface area contributed by atoms with E-state index < -0.39 is 0 Å². The Morgan fingerprint density at radius 1 is 1.08 bits per heavy atom. The molecule has 26 heavy (non-hydrogen) atoms. The van der Waals surface area contributed by atoms with E-state index in [1.807, 2.05) is 48.5 Å². The Morgan fingerprint density at radius 3 is 2.77 bits per heavy atom. The summed E-state index contributed by atoms with van der Waals surface area (Å²) in [6.07, 6.45) is 4.57. The lowest BCUT2D eigenvalue weighted by Gasteiger charge is -2.04. The molecule has 0 fully saturated rings. The Morgan fingerprint density at radius 2 is 1.96 bits per heavy atom. The van der Waals surface area contributed by atoms with Crippen LogP contribution < -0.4 is 10.1 Å². The fourth-order valence-electron chi connectivity index (χ4n) is 2.34. The van der Waals surface area contributed by atoms with Crippen LogP contribution in [0, 0.1) is 0 Å². The van der Waals surface area contributed by atoms with Gasteiger partial charge in [-0.25, -0.2) is 4.98 Å². The van der Waals surface area contributed by atoms with E-state index >= 15 is 0 Å². The number of carbonyl (C=O) groups excluding carboxylic acids is 1. The third-order valence-electron chi connectivity index (χ3n) is 3.51. The summed E-state index contributed by atoms with van der Waals surface area (Å²) in [4.78, 5) is 16.4. The molecule has 2 heterocycles. The van der Waals surface area contributed by atoms with Crippen molar-refractivity contribution in [1.29, 1.82) is 0 Å².